The summed E-state index contributed by atoms with van der Waals surface area (Å²) in [6.45, 7) is 0. The molecular formula is C16H13BrClNS. The molecule has 0 bridgehead atoms. The molecule has 102 valence electrons. The highest BCUT2D eigenvalue weighted by Crippen LogP contribution is 2.35. The fourth-order valence-corrected chi connectivity index (χ4v) is 4.19. The fourth-order valence-electron chi connectivity index (χ4n) is 2.46. The Morgan fingerprint density at radius 2 is 2.00 bits per heavy atom. The van der Waals surface area contributed by atoms with Crippen LogP contribution in [-0.2, 0) is 0 Å². The first-order valence-corrected chi connectivity index (χ1v) is 8.34. The van der Waals surface area contributed by atoms with E-state index in [0.717, 1.165) is 15.1 Å². The van der Waals surface area contributed by atoms with Crippen molar-refractivity contribution in [1.29, 1.82) is 0 Å². The van der Waals surface area contributed by atoms with Crippen LogP contribution in [0.5, 0.6) is 0 Å². The van der Waals surface area contributed by atoms with E-state index in [0.29, 0.717) is 0 Å². The first-order valence-electron chi connectivity index (χ1n) is 6.29. The van der Waals surface area contributed by atoms with Crippen LogP contribution in [0.2, 0.25) is 5.02 Å². The van der Waals surface area contributed by atoms with Crippen molar-refractivity contribution in [2.75, 3.05) is 7.05 Å². The Kier molecular flexibility index (Phi) is 4.13. The Hall–Kier alpha value is -0.870. The van der Waals surface area contributed by atoms with Gasteiger partial charge in [0.15, 0.2) is 0 Å². The van der Waals surface area contributed by atoms with Gasteiger partial charge in [0.05, 0.1) is 6.04 Å². The smallest absolute Gasteiger partial charge is 0.0603 e. The van der Waals surface area contributed by atoms with Crippen LogP contribution in [0.3, 0.4) is 0 Å². The normalized spacial score (nSPS) is 12.8. The maximum absolute atomic E-state index is 6.41. The van der Waals surface area contributed by atoms with Crippen LogP contribution in [-0.4, -0.2) is 7.05 Å². The molecule has 0 spiro atoms. The number of rotatable bonds is 3. The lowest BCUT2D eigenvalue weighted by Gasteiger charge is -2.19. The molecule has 20 heavy (non-hydrogen) atoms. The van der Waals surface area contributed by atoms with Crippen molar-refractivity contribution >= 4 is 49.0 Å². The van der Waals surface area contributed by atoms with Crippen molar-refractivity contribution < 1.29 is 0 Å². The van der Waals surface area contributed by atoms with Gasteiger partial charge in [-0.2, -0.15) is 0 Å². The molecule has 4 heteroatoms. The molecule has 3 aromatic rings. The van der Waals surface area contributed by atoms with Gasteiger partial charge >= 0.3 is 0 Å². The zero-order valence-electron chi connectivity index (χ0n) is 10.9. The molecule has 1 unspecified atom stereocenters. The Bertz CT molecular complexity index is 753. The molecule has 3 rings (SSSR count). The Labute approximate surface area is 135 Å². The summed E-state index contributed by atoms with van der Waals surface area (Å²) in [5, 5.41) is 7.56. The van der Waals surface area contributed by atoms with E-state index < -0.39 is 0 Å². The quantitative estimate of drug-likeness (QED) is 0.634. The molecule has 1 nitrogen and oxygen atoms in total. The minimum atomic E-state index is 0.0953. The second kappa shape index (κ2) is 5.86. The zero-order valence-corrected chi connectivity index (χ0v) is 14.0. The van der Waals surface area contributed by atoms with E-state index >= 15 is 0 Å². The van der Waals surface area contributed by atoms with Crippen LogP contribution in [0.1, 0.15) is 17.2 Å². The molecule has 1 aromatic heterocycles. The van der Waals surface area contributed by atoms with Crippen LogP contribution in [0.4, 0.5) is 0 Å². The van der Waals surface area contributed by atoms with Crippen LogP contribution >= 0.6 is 38.9 Å². The summed E-state index contributed by atoms with van der Waals surface area (Å²) in [5.41, 5.74) is 2.36. The summed E-state index contributed by atoms with van der Waals surface area (Å²) < 4.78 is 2.31. The molecule has 0 aliphatic rings. The van der Waals surface area contributed by atoms with Crippen molar-refractivity contribution in [3.8, 4) is 0 Å². The van der Waals surface area contributed by atoms with E-state index in [2.05, 4.69) is 57.0 Å². The molecule has 0 saturated carbocycles. The number of halogens is 2. The first kappa shape index (κ1) is 14.1. The number of thiophene rings is 1. The van der Waals surface area contributed by atoms with E-state index in [1.165, 1.54) is 15.6 Å². The highest BCUT2D eigenvalue weighted by molar-refractivity contribution is 9.10. The summed E-state index contributed by atoms with van der Waals surface area (Å²) in [6, 6.07) is 14.7. The summed E-state index contributed by atoms with van der Waals surface area (Å²) in [6.07, 6.45) is 0. The van der Waals surface area contributed by atoms with E-state index in [4.69, 9.17) is 11.6 Å². The van der Waals surface area contributed by atoms with Crippen molar-refractivity contribution in [3.05, 3.63) is 68.5 Å². The van der Waals surface area contributed by atoms with Gasteiger partial charge in [0.1, 0.15) is 0 Å². The predicted octanol–water partition coefficient (Wildman–Crippen LogP) is 5.63. The average molecular weight is 367 g/mol. The Morgan fingerprint density at radius 3 is 2.75 bits per heavy atom. The minimum Gasteiger partial charge on any atom is -0.309 e. The van der Waals surface area contributed by atoms with Crippen molar-refractivity contribution in [2.45, 2.75) is 6.04 Å². The summed E-state index contributed by atoms with van der Waals surface area (Å²) in [4.78, 5) is 0. The third kappa shape index (κ3) is 2.51. The molecule has 0 saturated heterocycles. The molecule has 2 aromatic carbocycles. The number of hydrogen-bond donors (Lipinski definition) is 1. The van der Waals surface area contributed by atoms with Gasteiger partial charge in [-0.05, 0) is 47.1 Å². The second-order valence-electron chi connectivity index (χ2n) is 4.57. The number of fused-ring (bicyclic) bond motifs is 1. The van der Waals surface area contributed by atoms with E-state index in [1.807, 2.05) is 19.2 Å². The van der Waals surface area contributed by atoms with Gasteiger partial charge in [-0.1, -0.05) is 51.8 Å². The van der Waals surface area contributed by atoms with E-state index in [-0.39, 0.29) is 6.04 Å². The number of benzene rings is 2. The van der Waals surface area contributed by atoms with Crippen molar-refractivity contribution in [2.24, 2.45) is 0 Å². The standard InChI is InChI=1S/C16H13BrClNS/c1-19-15(12-6-5-11(17)9-14(12)18)13-4-2-3-10-7-8-20-16(10)13/h2-9,15,19H,1H3. The average Bonchev–Trinajstić information content (AvgIpc) is 2.91. The maximum Gasteiger partial charge on any atom is 0.0603 e. The first-order chi connectivity index (χ1) is 9.70. The molecule has 1 N–H and O–H groups in total. The molecule has 0 radical (unpaired) electrons. The summed E-state index contributed by atoms with van der Waals surface area (Å²) in [5.74, 6) is 0. The molecule has 0 aliphatic carbocycles. The van der Waals surface area contributed by atoms with Gasteiger partial charge in [-0.3, -0.25) is 0 Å². The van der Waals surface area contributed by atoms with Crippen LogP contribution in [0.15, 0.2) is 52.3 Å². The number of hydrogen-bond acceptors (Lipinski definition) is 2. The fraction of sp³-hybridized carbons (Fsp3) is 0.125. The van der Waals surface area contributed by atoms with Crippen molar-refractivity contribution in [1.82, 2.24) is 5.32 Å². The topological polar surface area (TPSA) is 12.0 Å². The van der Waals surface area contributed by atoms with E-state index in [9.17, 15) is 0 Å². The van der Waals surface area contributed by atoms with Crippen LogP contribution in [0.25, 0.3) is 10.1 Å². The summed E-state index contributed by atoms with van der Waals surface area (Å²) in [7, 11) is 1.97. The Morgan fingerprint density at radius 1 is 1.15 bits per heavy atom. The third-order valence-corrected chi connectivity index (χ3v) is 5.18. The highest BCUT2D eigenvalue weighted by atomic mass is 79.9. The number of nitrogens with one attached hydrogen (secondary N) is 1. The van der Waals surface area contributed by atoms with Gasteiger partial charge < -0.3 is 5.32 Å². The predicted molar refractivity (Wildman–Crippen MR) is 91.9 cm³/mol. The molecule has 0 aliphatic heterocycles. The third-order valence-electron chi connectivity index (χ3n) is 3.38. The van der Waals surface area contributed by atoms with Gasteiger partial charge in [-0.15, -0.1) is 11.3 Å². The summed E-state index contributed by atoms with van der Waals surface area (Å²) >= 11 is 11.6. The van der Waals surface area contributed by atoms with Crippen molar-refractivity contribution in [3.63, 3.8) is 0 Å². The molecule has 1 heterocycles. The largest absolute Gasteiger partial charge is 0.309 e. The maximum atomic E-state index is 6.41. The molecular weight excluding hydrogens is 354 g/mol. The molecule has 0 fully saturated rings. The minimum absolute atomic E-state index is 0.0953. The highest BCUT2D eigenvalue weighted by Gasteiger charge is 2.18. The van der Waals surface area contributed by atoms with Crippen LogP contribution in [0, 0.1) is 0 Å². The molecule has 0 amide bonds. The lowest BCUT2D eigenvalue weighted by atomic mass is 9.98. The van der Waals surface area contributed by atoms with Gasteiger partial charge in [0.25, 0.3) is 0 Å². The van der Waals surface area contributed by atoms with E-state index in [1.54, 1.807) is 11.3 Å². The Balaban J connectivity index is 2.16. The van der Waals surface area contributed by atoms with Gasteiger partial charge in [0.2, 0.25) is 0 Å². The van der Waals surface area contributed by atoms with Gasteiger partial charge in [-0.25, -0.2) is 0 Å². The SMILES string of the molecule is CNC(c1ccc(Br)cc1Cl)c1cccc2ccsc12. The van der Waals surface area contributed by atoms with Gasteiger partial charge in [0, 0.05) is 14.2 Å². The monoisotopic (exact) mass is 365 g/mol. The lowest BCUT2D eigenvalue weighted by molar-refractivity contribution is 0.698. The zero-order chi connectivity index (χ0) is 14.1. The molecule has 1 atom stereocenters. The second-order valence-corrected chi connectivity index (χ2v) is 6.81. The van der Waals surface area contributed by atoms with Crippen LogP contribution < -0.4 is 5.32 Å². The lowest BCUT2D eigenvalue weighted by Crippen LogP contribution is -2.18.